The normalized spacial score (nSPS) is 17.4. The highest BCUT2D eigenvalue weighted by Crippen LogP contribution is 2.26. The number of halogens is 1. The number of hydrogen-bond donors (Lipinski definition) is 0. The minimum absolute atomic E-state index is 0.303. The lowest BCUT2D eigenvalue weighted by Gasteiger charge is -2.32. The molecule has 1 saturated heterocycles. The van der Waals surface area contributed by atoms with Crippen LogP contribution >= 0.6 is 0 Å². The predicted molar refractivity (Wildman–Crippen MR) is 106 cm³/mol. The summed E-state index contributed by atoms with van der Waals surface area (Å²) in [4.78, 5) is 32.2. The second-order valence-corrected chi connectivity index (χ2v) is 7.70. The van der Waals surface area contributed by atoms with E-state index >= 15 is 0 Å². The van der Waals surface area contributed by atoms with Crippen molar-refractivity contribution in [3.05, 3.63) is 56.5 Å². The number of benzene rings is 1. The average Bonchev–Trinajstić information content (AvgIpc) is 3.06. The SMILES string of the molecule is C[C@@H]1CCCN(c2nc3c(c(=O)n(C)c(=O)n3C)n2Cc2ccc(F)cc2)C1. The van der Waals surface area contributed by atoms with Gasteiger partial charge >= 0.3 is 5.69 Å². The molecule has 1 fully saturated rings. The third-order valence-corrected chi connectivity index (χ3v) is 5.52. The van der Waals surface area contributed by atoms with Crippen molar-refractivity contribution in [3.8, 4) is 0 Å². The average molecular weight is 385 g/mol. The van der Waals surface area contributed by atoms with Gasteiger partial charge in [-0.1, -0.05) is 19.1 Å². The summed E-state index contributed by atoms with van der Waals surface area (Å²) in [5.41, 5.74) is 0.861. The molecule has 2 aromatic heterocycles. The van der Waals surface area contributed by atoms with E-state index in [1.54, 1.807) is 19.2 Å². The fourth-order valence-corrected chi connectivity index (χ4v) is 3.97. The molecule has 0 unspecified atom stereocenters. The van der Waals surface area contributed by atoms with Crippen LogP contribution in [0.4, 0.5) is 10.3 Å². The van der Waals surface area contributed by atoms with Crippen LogP contribution < -0.4 is 16.1 Å². The molecule has 0 spiro atoms. The molecule has 1 aliphatic rings. The number of hydrogen-bond acceptors (Lipinski definition) is 4. The van der Waals surface area contributed by atoms with E-state index in [1.807, 2.05) is 4.57 Å². The molecule has 3 heterocycles. The zero-order chi connectivity index (χ0) is 20.0. The van der Waals surface area contributed by atoms with Crippen molar-refractivity contribution in [2.24, 2.45) is 20.0 Å². The van der Waals surface area contributed by atoms with Gasteiger partial charge in [-0.3, -0.25) is 18.5 Å². The minimum Gasteiger partial charge on any atom is -0.342 e. The van der Waals surface area contributed by atoms with Crippen molar-refractivity contribution in [2.45, 2.75) is 26.3 Å². The van der Waals surface area contributed by atoms with Crippen LogP contribution in [-0.2, 0) is 20.6 Å². The van der Waals surface area contributed by atoms with Crippen LogP contribution in [0.3, 0.4) is 0 Å². The summed E-state index contributed by atoms with van der Waals surface area (Å²) in [6.45, 7) is 4.28. The number of anilines is 1. The van der Waals surface area contributed by atoms with Gasteiger partial charge in [-0.05, 0) is 36.5 Å². The molecule has 1 aromatic carbocycles. The monoisotopic (exact) mass is 385 g/mol. The van der Waals surface area contributed by atoms with Crippen LogP contribution in [-0.4, -0.2) is 31.8 Å². The molecular weight excluding hydrogens is 361 g/mol. The number of imidazole rings is 1. The van der Waals surface area contributed by atoms with E-state index in [2.05, 4.69) is 11.8 Å². The molecule has 0 aliphatic carbocycles. The van der Waals surface area contributed by atoms with E-state index in [0.717, 1.165) is 36.1 Å². The topological polar surface area (TPSA) is 65.1 Å². The lowest BCUT2D eigenvalue weighted by atomic mass is 10.0. The van der Waals surface area contributed by atoms with Gasteiger partial charge in [0, 0.05) is 27.2 Å². The first kappa shape index (κ1) is 18.5. The number of fused-ring (bicyclic) bond motifs is 1. The van der Waals surface area contributed by atoms with E-state index in [9.17, 15) is 14.0 Å². The standard InChI is InChI=1S/C20H24FN5O2/c1-13-5-4-10-25(11-13)19-22-17-16(18(27)24(3)20(28)23(17)2)26(19)12-14-6-8-15(21)9-7-14/h6-9,13H,4-5,10-12H2,1-3H3/t13-/m1/s1. The second kappa shape index (κ2) is 6.92. The minimum atomic E-state index is -0.400. The van der Waals surface area contributed by atoms with Crippen LogP contribution in [0.25, 0.3) is 11.2 Å². The molecule has 0 N–H and O–H groups in total. The highest BCUT2D eigenvalue weighted by Gasteiger charge is 2.25. The third kappa shape index (κ3) is 3.02. The molecule has 0 bridgehead atoms. The Morgan fingerprint density at radius 1 is 1.14 bits per heavy atom. The summed E-state index contributed by atoms with van der Waals surface area (Å²) >= 11 is 0. The van der Waals surface area contributed by atoms with Gasteiger partial charge in [0.2, 0.25) is 5.95 Å². The molecule has 0 radical (unpaired) electrons. The zero-order valence-corrected chi connectivity index (χ0v) is 16.4. The Kier molecular flexibility index (Phi) is 4.56. The van der Waals surface area contributed by atoms with Crippen LogP contribution in [0.5, 0.6) is 0 Å². The van der Waals surface area contributed by atoms with E-state index in [0.29, 0.717) is 29.6 Å². The third-order valence-electron chi connectivity index (χ3n) is 5.52. The van der Waals surface area contributed by atoms with Gasteiger partial charge in [-0.2, -0.15) is 4.98 Å². The largest absolute Gasteiger partial charge is 0.342 e. The van der Waals surface area contributed by atoms with Crippen molar-refractivity contribution in [1.29, 1.82) is 0 Å². The van der Waals surface area contributed by atoms with Gasteiger partial charge in [0.1, 0.15) is 5.82 Å². The number of piperidine rings is 1. The molecule has 3 aromatic rings. The quantitative estimate of drug-likeness (QED) is 0.690. The second-order valence-electron chi connectivity index (χ2n) is 7.70. The van der Waals surface area contributed by atoms with Gasteiger partial charge in [0.15, 0.2) is 11.2 Å². The van der Waals surface area contributed by atoms with Crippen molar-refractivity contribution >= 4 is 17.1 Å². The number of rotatable bonds is 3. The fraction of sp³-hybridized carbons (Fsp3) is 0.450. The van der Waals surface area contributed by atoms with Gasteiger partial charge < -0.3 is 4.90 Å². The van der Waals surface area contributed by atoms with Gasteiger partial charge in [0.25, 0.3) is 5.56 Å². The van der Waals surface area contributed by atoms with Crippen LogP contribution in [0, 0.1) is 11.7 Å². The van der Waals surface area contributed by atoms with Crippen molar-refractivity contribution < 1.29 is 4.39 Å². The van der Waals surface area contributed by atoms with Crippen molar-refractivity contribution in [2.75, 3.05) is 18.0 Å². The smallest absolute Gasteiger partial charge is 0.332 e. The van der Waals surface area contributed by atoms with Gasteiger partial charge in [-0.25, -0.2) is 9.18 Å². The van der Waals surface area contributed by atoms with Crippen LogP contribution in [0.1, 0.15) is 25.3 Å². The summed E-state index contributed by atoms with van der Waals surface area (Å²) < 4.78 is 17.7. The maximum atomic E-state index is 13.3. The summed E-state index contributed by atoms with van der Waals surface area (Å²) in [5, 5.41) is 0. The first-order valence-electron chi connectivity index (χ1n) is 9.52. The molecule has 148 valence electrons. The number of aromatic nitrogens is 4. The van der Waals surface area contributed by atoms with Crippen LogP contribution in [0.15, 0.2) is 33.9 Å². The molecule has 0 saturated carbocycles. The number of nitrogens with zero attached hydrogens (tertiary/aromatic N) is 5. The Balaban J connectivity index is 1.95. The van der Waals surface area contributed by atoms with E-state index in [-0.39, 0.29) is 11.4 Å². The molecule has 1 aliphatic heterocycles. The van der Waals surface area contributed by atoms with E-state index in [1.165, 1.54) is 23.7 Å². The summed E-state index contributed by atoms with van der Waals surface area (Å²) in [7, 11) is 3.10. The summed E-state index contributed by atoms with van der Waals surface area (Å²) in [5.74, 6) is 0.909. The molecule has 7 nitrogen and oxygen atoms in total. The Morgan fingerprint density at radius 3 is 2.54 bits per heavy atom. The van der Waals surface area contributed by atoms with E-state index in [4.69, 9.17) is 4.98 Å². The maximum absolute atomic E-state index is 13.3. The molecule has 4 rings (SSSR count). The summed E-state index contributed by atoms with van der Waals surface area (Å²) in [6.07, 6.45) is 2.22. The Morgan fingerprint density at radius 2 is 1.86 bits per heavy atom. The lowest BCUT2D eigenvalue weighted by Crippen LogP contribution is -2.38. The lowest BCUT2D eigenvalue weighted by molar-refractivity contribution is 0.439. The summed E-state index contributed by atoms with van der Waals surface area (Å²) in [6, 6.07) is 6.22. The molecule has 1 atom stereocenters. The first-order valence-corrected chi connectivity index (χ1v) is 9.52. The van der Waals surface area contributed by atoms with Gasteiger partial charge in [0.05, 0.1) is 6.54 Å². The Bertz CT molecular complexity index is 1140. The fourth-order valence-electron chi connectivity index (χ4n) is 3.97. The van der Waals surface area contributed by atoms with Crippen molar-refractivity contribution in [3.63, 3.8) is 0 Å². The zero-order valence-electron chi connectivity index (χ0n) is 16.4. The maximum Gasteiger partial charge on any atom is 0.332 e. The number of aryl methyl sites for hydroxylation is 1. The van der Waals surface area contributed by atoms with E-state index < -0.39 is 5.69 Å². The van der Waals surface area contributed by atoms with Crippen LogP contribution in [0.2, 0.25) is 0 Å². The molecule has 28 heavy (non-hydrogen) atoms. The highest BCUT2D eigenvalue weighted by molar-refractivity contribution is 5.74. The molecule has 0 amide bonds. The molecule has 8 heteroatoms. The van der Waals surface area contributed by atoms with Gasteiger partial charge in [-0.15, -0.1) is 0 Å². The Hall–Kier alpha value is -2.90. The first-order chi connectivity index (χ1) is 13.4. The highest BCUT2D eigenvalue weighted by atomic mass is 19.1. The molecular formula is C20H24FN5O2. The van der Waals surface area contributed by atoms with Crippen molar-refractivity contribution in [1.82, 2.24) is 18.7 Å². The Labute approximate surface area is 161 Å². The predicted octanol–water partition coefficient (Wildman–Crippen LogP) is 1.86.